The molecule has 1 aromatic heterocycles. The van der Waals surface area contributed by atoms with Gasteiger partial charge in [0, 0.05) is 19.9 Å². The first-order valence-corrected chi connectivity index (χ1v) is 5.42. The zero-order valence-corrected chi connectivity index (χ0v) is 10.5. The zero-order valence-electron chi connectivity index (χ0n) is 8.96. The summed E-state index contributed by atoms with van der Waals surface area (Å²) in [7, 11) is 1.58. The Morgan fingerprint density at radius 1 is 1.62 bits per heavy atom. The summed E-state index contributed by atoms with van der Waals surface area (Å²) in [6.45, 7) is 2.28. The molecule has 1 aromatic rings. The smallest absolute Gasteiger partial charge is 0.252 e. The summed E-state index contributed by atoms with van der Waals surface area (Å²) in [6.07, 6.45) is 1.33. The predicted octanol–water partition coefficient (Wildman–Crippen LogP) is 2.15. The number of ether oxygens (including phenoxy) is 1. The van der Waals surface area contributed by atoms with Crippen LogP contribution in [0.1, 0.15) is 17.3 Å². The van der Waals surface area contributed by atoms with Gasteiger partial charge in [-0.05, 0) is 13.0 Å². The monoisotopic (exact) mass is 262 g/mol. The van der Waals surface area contributed by atoms with E-state index in [1.54, 1.807) is 7.11 Å². The molecule has 0 saturated heterocycles. The molecule has 0 aliphatic carbocycles. The van der Waals surface area contributed by atoms with Crippen LogP contribution in [-0.2, 0) is 4.74 Å². The fourth-order valence-corrected chi connectivity index (χ4v) is 1.24. The average Bonchev–Trinajstić information content (AvgIpc) is 2.29. The van der Waals surface area contributed by atoms with Crippen molar-refractivity contribution in [3.05, 3.63) is 28.0 Å². The van der Waals surface area contributed by atoms with Gasteiger partial charge in [-0.3, -0.25) is 4.79 Å². The van der Waals surface area contributed by atoms with E-state index in [1.807, 2.05) is 6.92 Å². The van der Waals surface area contributed by atoms with Crippen LogP contribution in [0.15, 0.2) is 12.3 Å². The number of carbonyl (C=O) groups is 1. The van der Waals surface area contributed by atoms with Gasteiger partial charge in [0.2, 0.25) is 0 Å². The SMILES string of the molecule is COC(C)CNC(=O)c1cnc(Cl)c(Cl)c1. The minimum Gasteiger partial charge on any atom is -0.380 e. The number of nitrogens with one attached hydrogen (secondary N) is 1. The van der Waals surface area contributed by atoms with Crippen molar-refractivity contribution >= 4 is 29.1 Å². The van der Waals surface area contributed by atoms with Crippen LogP contribution in [0.4, 0.5) is 0 Å². The van der Waals surface area contributed by atoms with Crippen LogP contribution in [0.3, 0.4) is 0 Å². The van der Waals surface area contributed by atoms with Crippen molar-refractivity contribution in [3.63, 3.8) is 0 Å². The van der Waals surface area contributed by atoms with E-state index in [0.717, 1.165) is 0 Å². The third kappa shape index (κ3) is 3.63. The fraction of sp³-hybridized carbons (Fsp3) is 0.400. The molecule has 1 N–H and O–H groups in total. The molecular weight excluding hydrogens is 251 g/mol. The van der Waals surface area contributed by atoms with Crippen molar-refractivity contribution in [3.8, 4) is 0 Å². The van der Waals surface area contributed by atoms with Crippen molar-refractivity contribution < 1.29 is 9.53 Å². The maximum Gasteiger partial charge on any atom is 0.252 e. The number of hydrogen-bond donors (Lipinski definition) is 1. The van der Waals surface area contributed by atoms with Gasteiger partial charge < -0.3 is 10.1 Å². The van der Waals surface area contributed by atoms with Crippen LogP contribution in [0.5, 0.6) is 0 Å². The number of nitrogens with zero attached hydrogens (tertiary/aromatic N) is 1. The highest BCUT2D eigenvalue weighted by atomic mass is 35.5. The molecule has 1 atom stereocenters. The second kappa shape index (κ2) is 6.03. The fourth-order valence-electron chi connectivity index (χ4n) is 0.967. The molecule has 1 heterocycles. The molecule has 1 rings (SSSR count). The van der Waals surface area contributed by atoms with Crippen molar-refractivity contribution in [2.75, 3.05) is 13.7 Å². The molecule has 0 aromatic carbocycles. The Morgan fingerprint density at radius 2 is 2.31 bits per heavy atom. The first-order chi connectivity index (χ1) is 7.54. The van der Waals surface area contributed by atoms with Crippen LogP contribution in [0, 0.1) is 0 Å². The molecule has 0 saturated carbocycles. The highest BCUT2D eigenvalue weighted by Gasteiger charge is 2.09. The second-order valence-electron chi connectivity index (χ2n) is 3.25. The molecule has 0 spiro atoms. The maximum atomic E-state index is 11.6. The molecule has 88 valence electrons. The lowest BCUT2D eigenvalue weighted by molar-refractivity contribution is 0.0870. The maximum absolute atomic E-state index is 11.6. The number of carbonyl (C=O) groups excluding carboxylic acids is 1. The van der Waals surface area contributed by atoms with Crippen molar-refractivity contribution in [2.24, 2.45) is 0 Å². The molecule has 0 fully saturated rings. The van der Waals surface area contributed by atoms with Gasteiger partial charge in [0.1, 0.15) is 5.15 Å². The number of halogens is 2. The van der Waals surface area contributed by atoms with Gasteiger partial charge in [0.25, 0.3) is 5.91 Å². The van der Waals surface area contributed by atoms with Crippen LogP contribution in [-0.4, -0.2) is 30.6 Å². The van der Waals surface area contributed by atoms with E-state index >= 15 is 0 Å². The molecular formula is C10H12Cl2N2O2. The lowest BCUT2D eigenvalue weighted by Crippen LogP contribution is -2.31. The molecule has 6 heteroatoms. The second-order valence-corrected chi connectivity index (χ2v) is 4.02. The number of rotatable bonds is 4. The van der Waals surface area contributed by atoms with Gasteiger partial charge in [0.05, 0.1) is 16.7 Å². The summed E-state index contributed by atoms with van der Waals surface area (Å²) in [5.41, 5.74) is 0.373. The number of pyridine rings is 1. The Balaban J connectivity index is 2.63. The number of methoxy groups -OCH3 is 1. The largest absolute Gasteiger partial charge is 0.380 e. The molecule has 0 bridgehead atoms. The first-order valence-electron chi connectivity index (χ1n) is 4.66. The number of hydrogen-bond acceptors (Lipinski definition) is 3. The molecule has 1 amide bonds. The average molecular weight is 263 g/mol. The lowest BCUT2D eigenvalue weighted by atomic mass is 10.2. The van der Waals surface area contributed by atoms with E-state index in [0.29, 0.717) is 12.1 Å². The van der Waals surface area contributed by atoms with Crippen molar-refractivity contribution in [2.45, 2.75) is 13.0 Å². The Kier molecular flexibility index (Phi) is 4.99. The normalized spacial score (nSPS) is 12.2. The molecule has 16 heavy (non-hydrogen) atoms. The van der Waals surface area contributed by atoms with Gasteiger partial charge in [-0.25, -0.2) is 4.98 Å². The van der Waals surface area contributed by atoms with Gasteiger partial charge in [-0.1, -0.05) is 23.2 Å². The molecule has 0 aliphatic heterocycles. The van der Waals surface area contributed by atoms with Gasteiger partial charge >= 0.3 is 0 Å². The highest BCUT2D eigenvalue weighted by Crippen LogP contribution is 2.19. The molecule has 4 nitrogen and oxygen atoms in total. The first kappa shape index (κ1) is 13.2. The quantitative estimate of drug-likeness (QED) is 0.847. The predicted molar refractivity (Wildman–Crippen MR) is 63.1 cm³/mol. The standard InChI is InChI=1S/C10H12Cl2N2O2/c1-6(16-2)4-14-10(15)7-3-8(11)9(12)13-5-7/h3,5-6H,4H2,1-2H3,(H,14,15). The summed E-state index contributed by atoms with van der Waals surface area (Å²) in [4.78, 5) is 15.4. The Morgan fingerprint density at radius 3 is 2.88 bits per heavy atom. The van der Waals surface area contributed by atoms with E-state index in [4.69, 9.17) is 27.9 Å². The third-order valence-corrected chi connectivity index (χ3v) is 2.70. The van der Waals surface area contributed by atoms with E-state index in [9.17, 15) is 4.79 Å². The van der Waals surface area contributed by atoms with Crippen molar-refractivity contribution in [1.29, 1.82) is 0 Å². The van der Waals surface area contributed by atoms with Crippen LogP contribution in [0.2, 0.25) is 10.2 Å². The summed E-state index contributed by atoms with van der Waals surface area (Å²) in [5.74, 6) is -0.255. The highest BCUT2D eigenvalue weighted by molar-refractivity contribution is 6.41. The molecule has 0 aliphatic rings. The van der Waals surface area contributed by atoms with E-state index in [1.165, 1.54) is 12.3 Å². The van der Waals surface area contributed by atoms with Gasteiger partial charge in [0.15, 0.2) is 0 Å². The summed E-state index contributed by atoms with van der Waals surface area (Å²) < 4.78 is 5.00. The van der Waals surface area contributed by atoms with Crippen LogP contribution in [0.25, 0.3) is 0 Å². The van der Waals surface area contributed by atoms with E-state index < -0.39 is 0 Å². The van der Waals surface area contributed by atoms with Crippen LogP contribution < -0.4 is 5.32 Å². The third-order valence-electron chi connectivity index (χ3n) is 2.01. The molecule has 0 radical (unpaired) electrons. The summed E-state index contributed by atoms with van der Waals surface area (Å²) in [6, 6.07) is 1.48. The number of amides is 1. The zero-order chi connectivity index (χ0) is 12.1. The van der Waals surface area contributed by atoms with Gasteiger partial charge in [-0.15, -0.1) is 0 Å². The minimum atomic E-state index is -0.255. The minimum absolute atomic E-state index is 0.0420. The van der Waals surface area contributed by atoms with E-state index in [2.05, 4.69) is 10.3 Å². The lowest BCUT2D eigenvalue weighted by Gasteiger charge is -2.10. The van der Waals surface area contributed by atoms with Crippen molar-refractivity contribution in [1.82, 2.24) is 10.3 Å². The number of aromatic nitrogens is 1. The van der Waals surface area contributed by atoms with Gasteiger partial charge in [-0.2, -0.15) is 0 Å². The summed E-state index contributed by atoms with van der Waals surface area (Å²) >= 11 is 11.4. The van der Waals surface area contributed by atoms with E-state index in [-0.39, 0.29) is 22.2 Å². The Hall–Kier alpha value is -0.840. The Bertz CT molecular complexity index is 385. The summed E-state index contributed by atoms with van der Waals surface area (Å²) in [5, 5.41) is 3.13. The topological polar surface area (TPSA) is 51.2 Å². The molecule has 1 unspecified atom stereocenters. The Labute approximate surface area is 104 Å². The van der Waals surface area contributed by atoms with Crippen LogP contribution >= 0.6 is 23.2 Å².